The van der Waals surface area contributed by atoms with E-state index in [1.165, 1.54) is 50.5 Å². The van der Waals surface area contributed by atoms with Crippen molar-refractivity contribution in [2.75, 3.05) is 19.4 Å². The third-order valence-corrected chi connectivity index (χ3v) is 9.63. The zero-order valence-corrected chi connectivity index (χ0v) is 18.0. The van der Waals surface area contributed by atoms with Crippen molar-refractivity contribution in [2.24, 2.45) is 0 Å². The smallest absolute Gasteiger partial charge is 0.246 e. The molecule has 0 radical (unpaired) electrons. The number of nitrogens with one attached hydrogen (secondary N) is 1. The summed E-state index contributed by atoms with van der Waals surface area (Å²) in [4.78, 5) is 13.3. The van der Waals surface area contributed by atoms with E-state index in [2.05, 4.69) is 5.32 Å². The van der Waals surface area contributed by atoms with Crippen molar-refractivity contribution in [3.05, 3.63) is 54.6 Å². The summed E-state index contributed by atoms with van der Waals surface area (Å²) in [7, 11) is -4.59. The number of sulfonamides is 1. The molecule has 0 spiro atoms. The zero-order chi connectivity index (χ0) is 21.3. The van der Waals surface area contributed by atoms with E-state index in [0.29, 0.717) is 18.5 Å². The van der Waals surface area contributed by atoms with Crippen molar-refractivity contribution in [3.63, 3.8) is 0 Å². The number of benzene rings is 2. The molecule has 0 aliphatic heterocycles. The number of hydrogen-bond acceptors (Lipinski definition) is 5. The molecule has 9 heteroatoms. The fraction of sp³-hybridized carbons (Fsp3) is 0.350. The lowest BCUT2D eigenvalue weighted by Gasteiger charge is -2.27. The van der Waals surface area contributed by atoms with Crippen molar-refractivity contribution in [1.82, 2.24) is 4.31 Å². The minimum absolute atomic E-state index is 0.0907. The molecule has 0 bridgehead atoms. The fourth-order valence-corrected chi connectivity index (χ4v) is 6.54. The van der Waals surface area contributed by atoms with Crippen LogP contribution in [0.2, 0.25) is 0 Å². The number of anilines is 1. The number of rotatable bonds is 6. The van der Waals surface area contributed by atoms with Gasteiger partial charge in [0.2, 0.25) is 15.9 Å². The van der Waals surface area contributed by atoms with E-state index in [4.69, 9.17) is 0 Å². The Kier molecular flexibility index (Phi) is 5.84. The summed E-state index contributed by atoms with van der Waals surface area (Å²) in [6.45, 7) is 0. The summed E-state index contributed by atoms with van der Waals surface area (Å²) in [6.07, 6.45) is 1.81. The van der Waals surface area contributed by atoms with Gasteiger partial charge in [-0.25, -0.2) is 21.1 Å². The number of carbonyl (C=O) groups excluding carboxylic acids is 1. The SMILES string of the molecule is CN(C)S(=O)(=O)c1ccc(NC(=O)C2(S(=O)(=O)c3ccccc3)CCCC2)cc1. The first-order chi connectivity index (χ1) is 13.6. The topological polar surface area (TPSA) is 101 Å². The van der Waals surface area contributed by atoms with Crippen molar-refractivity contribution in [2.45, 2.75) is 40.2 Å². The summed E-state index contributed by atoms with van der Waals surface area (Å²) >= 11 is 0. The van der Waals surface area contributed by atoms with Gasteiger partial charge in [0.25, 0.3) is 0 Å². The van der Waals surface area contributed by atoms with Gasteiger partial charge in [-0.15, -0.1) is 0 Å². The van der Waals surface area contributed by atoms with Crippen LogP contribution in [0, 0.1) is 0 Å². The molecule has 0 aromatic heterocycles. The quantitative estimate of drug-likeness (QED) is 0.750. The van der Waals surface area contributed by atoms with Gasteiger partial charge in [-0.1, -0.05) is 31.0 Å². The maximum absolute atomic E-state index is 13.3. The van der Waals surface area contributed by atoms with E-state index >= 15 is 0 Å². The molecule has 0 heterocycles. The molecule has 156 valence electrons. The van der Waals surface area contributed by atoms with E-state index in [9.17, 15) is 21.6 Å². The highest BCUT2D eigenvalue weighted by atomic mass is 32.2. The number of carbonyl (C=O) groups is 1. The van der Waals surface area contributed by atoms with Crippen LogP contribution in [0.15, 0.2) is 64.4 Å². The van der Waals surface area contributed by atoms with Crippen LogP contribution in [0.1, 0.15) is 25.7 Å². The summed E-state index contributed by atoms with van der Waals surface area (Å²) in [5.74, 6) is -0.581. The lowest BCUT2D eigenvalue weighted by molar-refractivity contribution is -0.118. The zero-order valence-electron chi connectivity index (χ0n) is 16.3. The summed E-state index contributed by atoms with van der Waals surface area (Å²) in [6, 6.07) is 13.7. The van der Waals surface area contributed by atoms with Crippen LogP contribution < -0.4 is 5.32 Å². The molecular weight excluding hydrogens is 412 g/mol. The van der Waals surface area contributed by atoms with Gasteiger partial charge in [-0.05, 0) is 49.2 Å². The van der Waals surface area contributed by atoms with Gasteiger partial charge in [-0.3, -0.25) is 4.79 Å². The molecule has 1 aliphatic carbocycles. The predicted molar refractivity (Wildman–Crippen MR) is 111 cm³/mol. The fourth-order valence-electron chi connectivity index (χ4n) is 3.56. The largest absolute Gasteiger partial charge is 0.325 e. The number of amides is 1. The first kappa shape index (κ1) is 21.5. The molecule has 1 N–H and O–H groups in total. The van der Waals surface area contributed by atoms with Gasteiger partial charge >= 0.3 is 0 Å². The Bertz CT molecular complexity index is 1090. The summed E-state index contributed by atoms with van der Waals surface area (Å²) in [5.41, 5.74) is 0.349. The molecule has 0 saturated heterocycles. The number of hydrogen-bond donors (Lipinski definition) is 1. The van der Waals surface area contributed by atoms with Gasteiger partial charge in [0.15, 0.2) is 14.6 Å². The van der Waals surface area contributed by atoms with E-state index in [1.807, 2.05) is 0 Å². The Hall–Kier alpha value is -2.23. The maximum atomic E-state index is 13.3. The molecule has 1 amide bonds. The molecule has 0 unspecified atom stereocenters. The predicted octanol–water partition coefficient (Wildman–Crippen LogP) is 2.66. The molecular formula is C20H24N2O5S2. The van der Waals surface area contributed by atoms with Crippen molar-refractivity contribution < 1.29 is 21.6 Å². The van der Waals surface area contributed by atoms with Crippen LogP contribution in [0.25, 0.3) is 0 Å². The second-order valence-electron chi connectivity index (χ2n) is 7.28. The molecule has 1 aliphatic rings. The second-order valence-corrected chi connectivity index (χ2v) is 11.7. The standard InChI is InChI=1S/C20H24N2O5S2/c1-22(2)29(26,27)18-12-10-16(11-13-18)21-19(23)20(14-6-7-15-20)28(24,25)17-8-4-3-5-9-17/h3-5,8-13H,6-7,14-15H2,1-2H3,(H,21,23). The van der Waals surface area contributed by atoms with Crippen LogP contribution in [0.4, 0.5) is 5.69 Å². The lowest BCUT2D eigenvalue weighted by atomic mass is 10.1. The van der Waals surface area contributed by atoms with Crippen LogP contribution in [0.3, 0.4) is 0 Å². The lowest BCUT2D eigenvalue weighted by Crippen LogP contribution is -2.47. The summed E-state index contributed by atoms with van der Waals surface area (Å²) < 4.78 is 50.5. The second kappa shape index (κ2) is 7.89. The third-order valence-electron chi connectivity index (χ3n) is 5.28. The van der Waals surface area contributed by atoms with Gasteiger partial charge in [-0.2, -0.15) is 0 Å². The minimum atomic E-state index is -3.88. The number of sulfone groups is 1. The Morgan fingerprint density at radius 1 is 0.862 bits per heavy atom. The van der Waals surface area contributed by atoms with Crippen molar-refractivity contribution >= 4 is 31.5 Å². The first-order valence-corrected chi connectivity index (χ1v) is 12.2. The Labute approximate surface area is 171 Å². The van der Waals surface area contributed by atoms with Crippen LogP contribution >= 0.6 is 0 Å². The van der Waals surface area contributed by atoms with Gasteiger partial charge < -0.3 is 5.32 Å². The van der Waals surface area contributed by atoms with Gasteiger partial charge in [0.05, 0.1) is 9.79 Å². The van der Waals surface area contributed by atoms with E-state index < -0.39 is 30.5 Å². The van der Waals surface area contributed by atoms with Gasteiger partial charge in [0, 0.05) is 19.8 Å². The first-order valence-electron chi connectivity index (χ1n) is 9.25. The van der Waals surface area contributed by atoms with Crippen LogP contribution in [-0.4, -0.2) is 45.9 Å². The minimum Gasteiger partial charge on any atom is -0.325 e. The molecule has 1 fully saturated rings. The molecule has 0 atom stereocenters. The van der Waals surface area contributed by atoms with Crippen LogP contribution in [-0.2, 0) is 24.7 Å². The molecule has 1 saturated carbocycles. The van der Waals surface area contributed by atoms with E-state index in [-0.39, 0.29) is 22.6 Å². The van der Waals surface area contributed by atoms with E-state index in [0.717, 1.165) is 4.31 Å². The molecule has 7 nitrogen and oxygen atoms in total. The molecule has 3 rings (SSSR count). The van der Waals surface area contributed by atoms with Gasteiger partial charge in [0.1, 0.15) is 0 Å². The highest BCUT2D eigenvalue weighted by Crippen LogP contribution is 2.41. The Balaban J connectivity index is 1.90. The Morgan fingerprint density at radius 2 is 1.41 bits per heavy atom. The normalized spacial score (nSPS) is 16.7. The van der Waals surface area contributed by atoms with Crippen molar-refractivity contribution in [3.8, 4) is 0 Å². The van der Waals surface area contributed by atoms with Crippen LogP contribution in [0.5, 0.6) is 0 Å². The molecule has 2 aromatic carbocycles. The van der Waals surface area contributed by atoms with Crippen molar-refractivity contribution in [1.29, 1.82) is 0 Å². The third kappa shape index (κ3) is 3.82. The monoisotopic (exact) mass is 436 g/mol. The average Bonchev–Trinajstić information content (AvgIpc) is 3.21. The highest BCUT2D eigenvalue weighted by molar-refractivity contribution is 7.93. The average molecular weight is 437 g/mol. The number of nitrogens with zero attached hydrogens (tertiary/aromatic N) is 1. The van der Waals surface area contributed by atoms with E-state index in [1.54, 1.807) is 18.2 Å². The Morgan fingerprint density at radius 3 is 1.93 bits per heavy atom. The maximum Gasteiger partial charge on any atom is 0.246 e. The molecule has 2 aromatic rings. The highest BCUT2D eigenvalue weighted by Gasteiger charge is 2.52. The molecule has 29 heavy (non-hydrogen) atoms. The summed E-state index contributed by atoms with van der Waals surface area (Å²) in [5, 5.41) is 2.68.